The van der Waals surface area contributed by atoms with Crippen molar-refractivity contribution < 1.29 is 14.8 Å². The average Bonchev–Trinajstić information content (AvgIpc) is 2.40. The lowest BCUT2D eigenvalue weighted by Gasteiger charge is -2.34. The molecule has 2 atom stereocenters. The zero-order valence-corrected chi connectivity index (χ0v) is 11.6. The van der Waals surface area contributed by atoms with E-state index in [1.807, 2.05) is 6.92 Å². The van der Waals surface area contributed by atoms with Crippen molar-refractivity contribution in [1.29, 1.82) is 0 Å². The van der Waals surface area contributed by atoms with E-state index in [0.29, 0.717) is 13.0 Å². The van der Waals surface area contributed by atoms with Gasteiger partial charge in [-0.2, -0.15) is 0 Å². The Morgan fingerprint density at radius 2 is 2.20 bits per heavy atom. The summed E-state index contributed by atoms with van der Waals surface area (Å²) in [4.78, 5) is 24.4. The van der Waals surface area contributed by atoms with Gasteiger partial charge in [0.1, 0.15) is 5.56 Å². The first-order chi connectivity index (χ1) is 9.40. The summed E-state index contributed by atoms with van der Waals surface area (Å²) in [6, 6.07) is 4.50. The van der Waals surface area contributed by atoms with Gasteiger partial charge in [0, 0.05) is 19.2 Å². The van der Waals surface area contributed by atoms with Crippen LogP contribution in [0.2, 0.25) is 0 Å². The summed E-state index contributed by atoms with van der Waals surface area (Å²) in [7, 11) is 0. The Balaban J connectivity index is 2.29. The molecule has 0 radical (unpaired) electrons. The first-order valence-electron chi connectivity index (χ1n) is 6.62. The molecule has 1 N–H and O–H groups in total. The zero-order chi connectivity index (χ0) is 14.9. The number of benzene rings is 1. The van der Waals surface area contributed by atoms with Crippen LogP contribution in [0.5, 0.6) is 0 Å². The smallest absolute Gasteiger partial charge is 0.282 e. The lowest BCUT2D eigenvalue weighted by atomic mass is 9.95. The number of likely N-dealkylation sites (tertiary alicyclic amines) is 1. The van der Waals surface area contributed by atoms with Gasteiger partial charge in [-0.25, -0.2) is 0 Å². The second-order valence-corrected chi connectivity index (χ2v) is 5.36. The van der Waals surface area contributed by atoms with Crippen LogP contribution in [0, 0.1) is 23.0 Å². The quantitative estimate of drug-likeness (QED) is 0.659. The first kappa shape index (κ1) is 14.5. The number of aliphatic hydroxyl groups excluding tert-OH is 1. The fourth-order valence-electron chi connectivity index (χ4n) is 2.38. The summed E-state index contributed by atoms with van der Waals surface area (Å²) in [5.74, 6) is -0.238. The number of amides is 1. The SMILES string of the molecule is Cc1ccc([N+](=O)[O-])c(C(=O)N2CCC(C)C(O)C2)c1. The summed E-state index contributed by atoms with van der Waals surface area (Å²) in [6.45, 7) is 4.46. The number of β-amino-alcohol motifs (C(OH)–C–C–N with tert-alkyl or cyclic N) is 1. The van der Waals surface area contributed by atoms with E-state index in [1.54, 1.807) is 13.0 Å². The van der Waals surface area contributed by atoms with E-state index in [9.17, 15) is 20.0 Å². The van der Waals surface area contributed by atoms with Crippen molar-refractivity contribution in [2.45, 2.75) is 26.4 Å². The molecule has 1 saturated heterocycles. The maximum Gasteiger partial charge on any atom is 0.282 e. The number of hydrogen-bond donors (Lipinski definition) is 1. The Morgan fingerprint density at radius 1 is 1.50 bits per heavy atom. The van der Waals surface area contributed by atoms with E-state index < -0.39 is 11.0 Å². The van der Waals surface area contributed by atoms with E-state index in [2.05, 4.69) is 0 Å². The van der Waals surface area contributed by atoms with Gasteiger partial charge in [-0.05, 0) is 30.9 Å². The van der Waals surface area contributed by atoms with E-state index in [0.717, 1.165) is 5.56 Å². The molecule has 1 amide bonds. The highest BCUT2D eigenvalue weighted by molar-refractivity contribution is 5.98. The second kappa shape index (κ2) is 5.58. The molecule has 1 aromatic carbocycles. The number of aryl methyl sites for hydroxylation is 1. The van der Waals surface area contributed by atoms with Crippen LogP contribution in [0.15, 0.2) is 18.2 Å². The molecular weight excluding hydrogens is 260 g/mol. The Bertz CT molecular complexity index is 544. The van der Waals surface area contributed by atoms with Gasteiger partial charge in [-0.15, -0.1) is 0 Å². The number of rotatable bonds is 2. The first-order valence-corrected chi connectivity index (χ1v) is 6.62. The second-order valence-electron chi connectivity index (χ2n) is 5.36. The topological polar surface area (TPSA) is 83.7 Å². The lowest BCUT2D eigenvalue weighted by molar-refractivity contribution is -0.385. The summed E-state index contributed by atoms with van der Waals surface area (Å²) in [5, 5.41) is 20.9. The van der Waals surface area contributed by atoms with Gasteiger partial charge in [0.25, 0.3) is 11.6 Å². The van der Waals surface area contributed by atoms with Gasteiger partial charge in [0.15, 0.2) is 0 Å². The molecular formula is C14H18N2O4. The fourth-order valence-corrected chi connectivity index (χ4v) is 2.38. The molecule has 1 aromatic rings. The van der Waals surface area contributed by atoms with Gasteiger partial charge in [-0.1, -0.05) is 13.0 Å². The van der Waals surface area contributed by atoms with Crippen LogP contribution in [0.4, 0.5) is 5.69 Å². The fraction of sp³-hybridized carbons (Fsp3) is 0.500. The van der Waals surface area contributed by atoms with Crippen molar-refractivity contribution in [1.82, 2.24) is 4.90 Å². The third kappa shape index (κ3) is 2.80. The predicted octanol–water partition coefficient (Wildman–Crippen LogP) is 1.75. The van der Waals surface area contributed by atoms with E-state index in [1.165, 1.54) is 17.0 Å². The molecule has 2 unspecified atom stereocenters. The van der Waals surface area contributed by atoms with E-state index in [-0.39, 0.29) is 29.6 Å². The molecule has 0 spiro atoms. The van der Waals surface area contributed by atoms with Crippen LogP contribution >= 0.6 is 0 Å². The Labute approximate surface area is 117 Å². The van der Waals surface area contributed by atoms with Crippen molar-refractivity contribution in [3.63, 3.8) is 0 Å². The van der Waals surface area contributed by atoms with Crippen molar-refractivity contribution in [2.75, 3.05) is 13.1 Å². The van der Waals surface area contributed by atoms with Crippen LogP contribution in [-0.2, 0) is 0 Å². The van der Waals surface area contributed by atoms with Gasteiger partial charge in [-0.3, -0.25) is 14.9 Å². The largest absolute Gasteiger partial charge is 0.391 e. The molecule has 6 nitrogen and oxygen atoms in total. The molecule has 2 rings (SSSR count). The van der Waals surface area contributed by atoms with Crippen LogP contribution in [0.1, 0.15) is 29.3 Å². The van der Waals surface area contributed by atoms with Crippen molar-refractivity contribution in [3.8, 4) is 0 Å². The third-order valence-corrected chi connectivity index (χ3v) is 3.79. The minimum Gasteiger partial charge on any atom is -0.391 e. The summed E-state index contributed by atoms with van der Waals surface area (Å²) < 4.78 is 0. The number of piperidine rings is 1. The molecule has 20 heavy (non-hydrogen) atoms. The third-order valence-electron chi connectivity index (χ3n) is 3.79. The van der Waals surface area contributed by atoms with E-state index in [4.69, 9.17) is 0 Å². The Kier molecular flexibility index (Phi) is 4.04. The predicted molar refractivity (Wildman–Crippen MR) is 73.5 cm³/mol. The highest BCUT2D eigenvalue weighted by Gasteiger charge is 2.31. The Hall–Kier alpha value is -1.95. The molecule has 1 fully saturated rings. The number of aliphatic hydroxyl groups is 1. The number of nitro groups is 1. The molecule has 108 valence electrons. The van der Waals surface area contributed by atoms with Crippen LogP contribution in [0.3, 0.4) is 0 Å². The molecule has 0 aromatic heterocycles. The standard InChI is InChI=1S/C14H18N2O4/c1-9-3-4-12(16(19)20)11(7-9)14(18)15-6-5-10(2)13(17)8-15/h3-4,7,10,13,17H,5-6,8H2,1-2H3. The number of nitro benzene ring substituents is 1. The van der Waals surface area contributed by atoms with Crippen molar-refractivity contribution in [3.05, 3.63) is 39.4 Å². The number of carbonyl (C=O) groups excluding carboxylic acids is 1. The van der Waals surface area contributed by atoms with Crippen LogP contribution in [0.25, 0.3) is 0 Å². The summed E-state index contributed by atoms with van der Waals surface area (Å²) in [6.07, 6.45) is 0.128. The van der Waals surface area contributed by atoms with Crippen molar-refractivity contribution >= 4 is 11.6 Å². The van der Waals surface area contributed by atoms with Crippen LogP contribution < -0.4 is 0 Å². The maximum atomic E-state index is 12.4. The molecule has 0 bridgehead atoms. The number of nitrogens with zero attached hydrogens (tertiary/aromatic N) is 2. The minimum absolute atomic E-state index is 0.0942. The number of hydrogen-bond acceptors (Lipinski definition) is 4. The minimum atomic E-state index is -0.573. The van der Waals surface area contributed by atoms with Gasteiger partial charge in [0.05, 0.1) is 11.0 Å². The summed E-state index contributed by atoms with van der Waals surface area (Å²) in [5.41, 5.74) is 0.704. The van der Waals surface area contributed by atoms with E-state index >= 15 is 0 Å². The summed E-state index contributed by atoms with van der Waals surface area (Å²) >= 11 is 0. The van der Waals surface area contributed by atoms with Crippen LogP contribution in [-0.4, -0.2) is 40.0 Å². The number of carbonyl (C=O) groups is 1. The maximum absolute atomic E-state index is 12.4. The van der Waals surface area contributed by atoms with Gasteiger partial charge < -0.3 is 10.0 Å². The molecule has 1 aliphatic heterocycles. The van der Waals surface area contributed by atoms with Gasteiger partial charge >= 0.3 is 0 Å². The Morgan fingerprint density at radius 3 is 2.80 bits per heavy atom. The highest BCUT2D eigenvalue weighted by atomic mass is 16.6. The zero-order valence-electron chi connectivity index (χ0n) is 11.6. The normalized spacial score (nSPS) is 22.6. The molecule has 6 heteroatoms. The molecule has 0 saturated carbocycles. The molecule has 1 heterocycles. The van der Waals surface area contributed by atoms with Crippen molar-refractivity contribution in [2.24, 2.45) is 5.92 Å². The average molecular weight is 278 g/mol. The molecule has 1 aliphatic rings. The van der Waals surface area contributed by atoms with Gasteiger partial charge in [0.2, 0.25) is 0 Å². The monoisotopic (exact) mass is 278 g/mol. The lowest BCUT2D eigenvalue weighted by Crippen LogP contribution is -2.45. The highest BCUT2D eigenvalue weighted by Crippen LogP contribution is 2.24. The molecule has 0 aliphatic carbocycles.